The molecule has 0 bridgehead atoms. The van der Waals surface area contributed by atoms with Gasteiger partial charge < -0.3 is 11.1 Å². The lowest BCUT2D eigenvalue weighted by Gasteiger charge is -2.16. The van der Waals surface area contributed by atoms with Crippen LogP contribution in [0.4, 0.5) is 11.4 Å². The van der Waals surface area contributed by atoms with Crippen LogP contribution in [0.2, 0.25) is 0 Å². The van der Waals surface area contributed by atoms with Gasteiger partial charge in [0.05, 0.1) is 0 Å². The van der Waals surface area contributed by atoms with Gasteiger partial charge in [0, 0.05) is 29.2 Å². The Morgan fingerprint density at radius 3 is 2.11 bits per heavy atom. The Labute approximate surface area is 113 Å². The fourth-order valence-corrected chi connectivity index (χ4v) is 3.05. The van der Waals surface area contributed by atoms with E-state index in [0.29, 0.717) is 0 Å². The molecule has 0 saturated heterocycles. The molecular weight excluding hydrogens is 232 g/mol. The van der Waals surface area contributed by atoms with E-state index in [1.54, 1.807) is 0 Å². The Morgan fingerprint density at radius 2 is 1.42 bits per heavy atom. The Balaban J connectivity index is 2.65. The highest BCUT2D eigenvalue weighted by Gasteiger charge is 2.12. The van der Waals surface area contributed by atoms with Crippen LogP contribution in [-0.4, -0.2) is 7.05 Å². The highest BCUT2D eigenvalue weighted by molar-refractivity contribution is 6.12. The second kappa shape index (κ2) is 4.16. The molecule has 0 aliphatic carbocycles. The zero-order valence-electron chi connectivity index (χ0n) is 11.5. The molecule has 2 heteroatoms. The van der Waals surface area contributed by atoms with Gasteiger partial charge in [-0.3, -0.25) is 0 Å². The number of nitrogen functional groups attached to an aromatic ring is 1. The molecule has 0 aliphatic heterocycles. The zero-order valence-corrected chi connectivity index (χ0v) is 11.5. The Morgan fingerprint density at radius 1 is 0.842 bits per heavy atom. The molecule has 0 unspecified atom stereocenters. The van der Waals surface area contributed by atoms with Crippen LogP contribution in [0.25, 0.3) is 21.5 Å². The maximum Gasteiger partial charge on any atom is 0.0420 e. The van der Waals surface area contributed by atoms with Gasteiger partial charge >= 0.3 is 0 Å². The van der Waals surface area contributed by atoms with Crippen molar-refractivity contribution in [2.75, 3.05) is 18.1 Å². The summed E-state index contributed by atoms with van der Waals surface area (Å²) in [5, 5.41) is 8.28. The van der Waals surface area contributed by atoms with Crippen LogP contribution in [0.15, 0.2) is 36.4 Å². The first-order valence-electron chi connectivity index (χ1n) is 6.53. The molecule has 0 saturated carbocycles. The summed E-state index contributed by atoms with van der Waals surface area (Å²) in [5.41, 5.74) is 10.7. The molecule has 0 heterocycles. The fraction of sp³-hybridized carbons (Fsp3) is 0.176. The second-order valence-corrected chi connectivity index (χ2v) is 5.00. The van der Waals surface area contributed by atoms with E-state index in [1.165, 1.54) is 38.4 Å². The van der Waals surface area contributed by atoms with E-state index in [0.717, 1.165) is 5.69 Å². The van der Waals surface area contributed by atoms with Crippen LogP contribution in [-0.2, 0) is 0 Å². The first-order chi connectivity index (χ1) is 9.15. The van der Waals surface area contributed by atoms with E-state index in [9.17, 15) is 0 Å². The number of hydrogen-bond acceptors (Lipinski definition) is 2. The monoisotopic (exact) mass is 250 g/mol. The third kappa shape index (κ3) is 1.56. The standard InChI is InChI=1S/C17H18N2/c1-10-13-7-5-9-15(19-3)17(13)11(2)12-6-4-8-14(18)16(10)12/h4-9,19H,18H2,1-3H3. The third-order valence-corrected chi connectivity index (χ3v) is 3.99. The second-order valence-electron chi connectivity index (χ2n) is 5.00. The van der Waals surface area contributed by atoms with Crippen molar-refractivity contribution in [2.45, 2.75) is 13.8 Å². The molecule has 2 nitrogen and oxygen atoms in total. The summed E-state index contributed by atoms with van der Waals surface area (Å²) in [6.07, 6.45) is 0. The van der Waals surface area contributed by atoms with E-state index >= 15 is 0 Å². The molecule has 3 aromatic rings. The molecular formula is C17H18N2. The van der Waals surface area contributed by atoms with Crippen LogP contribution in [0.3, 0.4) is 0 Å². The summed E-state index contributed by atoms with van der Waals surface area (Å²) >= 11 is 0. The third-order valence-electron chi connectivity index (χ3n) is 3.99. The van der Waals surface area contributed by atoms with Gasteiger partial charge in [-0.1, -0.05) is 24.3 Å². The molecule has 3 rings (SSSR count). The normalized spacial score (nSPS) is 11.1. The molecule has 0 radical (unpaired) electrons. The number of benzene rings is 3. The molecule has 0 aliphatic rings. The molecule has 96 valence electrons. The number of rotatable bonds is 1. The molecule has 0 fully saturated rings. The minimum atomic E-state index is 0.856. The molecule has 19 heavy (non-hydrogen) atoms. The topological polar surface area (TPSA) is 38.0 Å². The van der Waals surface area contributed by atoms with Crippen LogP contribution >= 0.6 is 0 Å². The fourth-order valence-electron chi connectivity index (χ4n) is 3.05. The average Bonchev–Trinajstić information content (AvgIpc) is 2.43. The first-order valence-corrected chi connectivity index (χ1v) is 6.53. The summed E-state index contributed by atoms with van der Waals surface area (Å²) < 4.78 is 0. The summed E-state index contributed by atoms with van der Waals surface area (Å²) in [6, 6.07) is 12.5. The van der Waals surface area contributed by atoms with E-state index in [4.69, 9.17) is 5.73 Å². The van der Waals surface area contributed by atoms with Crippen molar-refractivity contribution in [3.8, 4) is 0 Å². The predicted molar refractivity (Wildman–Crippen MR) is 84.9 cm³/mol. The lowest BCUT2D eigenvalue weighted by atomic mass is 9.91. The van der Waals surface area contributed by atoms with E-state index in [-0.39, 0.29) is 0 Å². The number of aryl methyl sites for hydroxylation is 2. The van der Waals surface area contributed by atoms with Gasteiger partial charge in [0.25, 0.3) is 0 Å². The summed E-state index contributed by atoms with van der Waals surface area (Å²) in [5.74, 6) is 0. The number of hydrogen-bond donors (Lipinski definition) is 2. The first kappa shape index (κ1) is 11.8. The number of nitrogens with two attached hydrogens (primary N) is 1. The van der Waals surface area contributed by atoms with E-state index in [2.05, 4.69) is 43.4 Å². The van der Waals surface area contributed by atoms with Crippen LogP contribution in [0.1, 0.15) is 11.1 Å². The van der Waals surface area contributed by atoms with E-state index in [1.807, 2.05) is 19.2 Å². The highest BCUT2D eigenvalue weighted by Crippen LogP contribution is 2.37. The summed E-state index contributed by atoms with van der Waals surface area (Å²) in [6.45, 7) is 4.32. The maximum absolute atomic E-state index is 6.17. The van der Waals surface area contributed by atoms with Gasteiger partial charge in [-0.15, -0.1) is 0 Å². The minimum absolute atomic E-state index is 0.856. The van der Waals surface area contributed by atoms with Gasteiger partial charge in [0.2, 0.25) is 0 Å². The highest BCUT2D eigenvalue weighted by atomic mass is 14.8. The van der Waals surface area contributed by atoms with Crippen LogP contribution in [0.5, 0.6) is 0 Å². The van der Waals surface area contributed by atoms with Gasteiger partial charge in [-0.25, -0.2) is 0 Å². The molecule has 0 spiro atoms. The summed E-state index contributed by atoms with van der Waals surface area (Å²) in [4.78, 5) is 0. The van der Waals surface area contributed by atoms with Gasteiger partial charge in [0.15, 0.2) is 0 Å². The van der Waals surface area contributed by atoms with Crippen LogP contribution in [0, 0.1) is 13.8 Å². The molecule has 0 aromatic heterocycles. The number of nitrogens with one attached hydrogen (secondary N) is 1. The van der Waals surface area contributed by atoms with E-state index < -0.39 is 0 Å². The van der Waals surface area contributed by atoms with Crippen molar-refractivity contribution in [2.24, 2.45) is 0 Å². The molecule has 0 amide bonds. The van der Waals surface area contributed by atoms with Crippen molar-refractivity contribution in [3.05, 3.63) is 47.5 Å². The van der Waals surface area contributed by atoms with Crippen molar-refractivity contribution in [1.82, 2.24) is 0 Å². The van der Waals surface area contributed by atoms with Gasteiger partial charge in [-0.2, -0.15) is 0 Å². The Bertz CT molecular complexity index is 788. The minimum Gasteiger partial charge on any atom is -0.398 e. The van der Waals surface area contributed by atoms with Gasteiger partial charge in [0.1, 0.15) is 0 Å². The smallest absolute Gasteiger partial charge is 0.0420 e. The zero-order chi connectivity index (χ0) is 13.6. The molecule has 0 atom stereocenters. The van der Waals surface area contributed by atoms with Crippen molar-refractivity contribution >= 4 is 32.9 Å². The van der Waals surface area contributed by atoms with Gasteiger partial charge in [-0.05, 0) is 47.9 Å². The molecule has 3 N–H and O–H groups in total. The maximum atomic E-state index is 6.17. The van der Waals surface area contributed by atoms with Crippen molar-refractivity contribution in [3.63, 3.8) is 0 Å². The van der Waals surface area contributed by atoms with Crippen molar-refractivity contribution < 1.29 is 0 Å². The Hall–Kier alpha value is -2.22. The predicted octanol–water partition coefficient (Wildman–Crippen LogP) is 4.23. The van der Waals surface area contributed by atoms with Crippen LogP contribution < -0.4 is 11.1 Å². The average molecular weight is 250 g/mol. The largest absolute Gasteiger partial charge is 0.398 e. The van der Waals surface area contributed by atoms with Crippen molar-refractivity contribution in [1.29, 1.82) is 0 Å². The quantitative estimate of drug-likeness (QED) is 0.501. The SMILES string of the molecule is CNc1cccc2c(C)c3c(N)cccc3c(C)c12. The lowest BCUT2D eigenvalue weighted by molar-refractivity contribution is 1.49. The molecule has 3 aromatic carbocycles. The lowest BCUT2D eigenvalue weighted by Crippen LogP contribution is -1.96. The number of fused-ring (bicyclic) bond motifs is 2. The Kier molecular flexibility index (Phi) is 2.59. The number of anilines is 2. The summed E-state index contributed by atoms with van der Waals surface area (Å²) in [7, 11) is 1.97.